The lowest BCUT2D eigenvalue weighted by Crippen LogP contribution is -2.25. The van der Waals surface area contributed by atoms with E-state index in [0.29, 0.717) is 28.6 Å². The predicted molar refractivity (Wildman–Crippen MR) is 68.0 cm³/mol. The molecule has 0 atom stereocenters. The topological polar surface area (TPSA) is 86.7 Å². The Hall–Kier alpha value is -2.63. The summed E-state index contributed by atoms with van der Waals surface area (Å²) in [5, 5.41) is 2.70. The van der Waals surface area contributed by atoms with E-state index < -0.39 is 0 Å². The zero-order valence-corrected chi connectivity index (χ0v) is 10.0. The van der Waals surface area contributed by atoms with Crippen LogP contribution in [-0.4, -0.2) is 12.5 Å². The largest absolute Gasteiger partial charge is 0.483 e. The smallest absolute Gasteiger partial charge is 0.262 e. The van der Waals surface area contributed by atoms with Crippen LogP contribution in [0.15, 0.2) is 34.9 Å². The van der Waals surface area contributed by atoms with E-state index in [2.05, 4.69) is 5.32 Å². The number of benzene rings is 1. The number of ether oxygens (including phenoxy) is 2. The molecule has 1 aromatic heterocycles. The van der Waals surface area contributed by atoms with Crippen molar-refractivity contribution in [3.8, 4) is 11.5 Å². The molecule has 0 unspecified atom stereocenters. The van der Waals surface area contributed by atoms with Gasteiger partial charge in [0.2, 0.25) is 0 Å². The summed E-state index contributed by atoms with van der Waals surface area (Å²) in [6, 6.07) is 6.86. The molecule has 0 spiro atoms. The van der Waals surface area contributed by atoms with E-state index in [1.54, 1.807) is 30.5 Å². The van der Waals surface area contributed by atoms with Crippen molar-refractivity contribution in [2.24, 2.45) is 0 Å². The van der Waals surface area contributed by atoms with Crippen molar-refractivity contribution >= 4 is 17.3 Å². The van der Waals surface area contributed by atoms with Crippen molar-refractivity contribution in [1.29, 1.82) is 0 Å². The standard InChI is InChI=1S/C13H12N2O4/c14-9-4-12-10(15-13(16)7-19-12)5-11(9)18-6-8-2-1-3-17-8/h1-5H,6-7,14H2,(H,15,16). The molecule has 2 aromatic rings. The third kappa shape index (κ3) is 2.33. The third-order valence-electron chi connectivity index (χ3n) is 2.69. The Balaban J connectivity index is 1.81. The molecule has 6 heteroatoms. The number of furan rings is 1. The van der Waals surface area contributed by atoms with Gasteiger partial charge in [-0.3, -0.25) is 4.79 Å². The monoisotopic (exact) mass is 260 g/mol. The fraction of sp³-hybridized carbons (Fsp3) is 0.154. The molecule has 1 aromatic carbocycles. The Labute approximate surface area is 109 Å². The molecule has 98 valence electrons. The fourth-order valence-electron chi connectivity index (χ4n) is 1.79. The normalized spacial score (nSPS) is 13.4. The number of nitrogen functional groups attached to an aromatic ring is 1. The minimum atomic E-state index is -0.200. The van der Waals surface area contributed by atoms with Gasteiger partial charge in [-0.2, -0.15) is 0 Å². The van der Waals surface area contributed by atoms with E-state index in [-0.39, 0.29) is 19.1 Å². The molecule has 6 nitrogen and oxygen atoms in total. The van der Waals surface area contributed by atoms with E-state index in [0.717, 1.165) is 0 Å². The minimum Gasteiger partial charge on any atom is -0.483 e. The Morgan fingerprint density at radius 1 is 1.42 bits per heavy atom. The fourth-order valence-corrected chi connectivity index (χ4v) is 1.79. The quantitative estimate of drug-likeness (QED) is 0.821. The van der Waals surface area contributed by atoms with E-state index in [1.807, 2.05) is 0 Å². The summed E-state index contributed by atoms with van der Waals surface area (Å²) in [5.41, 5.74) is 6.87. The molecule has 0 saturated heterocycles. The van der Waals surface area contributed by atoms with Crippen LogP contribution in [0.1, 0.15) is 5.76 Å². The van der Waals surface area contributed by atoms with Gasteiger partial charge in [-0.05, 0) is 12.1 Å². The van der Waals surface area contributed by atoms with Crippen molar-refractivity contribution < 1.29 is 18.7 Å². The molecule has 1 aliphatic heterocycles. The third-order valence-corrected chi connectivity index (χ3v) is 2.69. The van der Waals surface area contributed by atoms with Gasteiger partial charge >= 0.3 is 0 Å². The molecule has 0 fully saturated rings. The van der Waals surface area contributed by atoms with E-state index >= 15 is 0 Å². The average molecular weight is 260 g/mol. The summed E-state index contributed by atoms with van der Waals surface area (Å²) < 4.78 is 16.0. The summed E-state index contributed by atoms with van der Waals surface area (Å²) in [5.74, 6) is 1.51. The molecule has 1 amide bonds. The number of carbonyl (C=O) groups is 1. The highest BCUT2D eigenvalue weighted by molar-refractivity contribution is 5.96. The Morgan fingerprint density at radius 3 is 3.11 bits per heavy atom. The van der Waals surface area contributed by atoms with Crippen LogP contribution in [0.25, 0.3) is 0 Å². The Kier molecular flexibility index (Phi) is 2.75. The summed E-state index contributed by atoms with van der Waals surface area (Å²) in [7, 11) is 0. The van der Waals surface area contributed by atoms with Gasteiger partial charge in [-0.1, -0.05) is 0 Å². The van der Waals surface area contributed by atoms with Gasteiger partial charge in [0.25, 0.3) is 5.91 Å². The highest BCUT2D eigenvalue weighted by atomic mass is 16.5. The molecular weight excluding hydrogens is 248 g/mol. The van der Waals surface area contributed by atoms with E-state index in [4.69, 9.17) is 19.6 Å². The van der Waals surface area contributed by atoms with Gasteiger partial charge in [0.05, 0.1) is 17.6 Å². The highest BCUT2D eigenvalue weighted by Gasteiger charge is 2.18. The number of hydrogen-bond acceptors (Lipinski definition) is 5. The zero-order valence-electron chi connectivity index (χ0n) is 10.0. The van der Waals surface area contributed by atoms with Gasteiger partial charge in [0.1, 0.15) is 23.9 Å². The highest BCUT2D eigenvalue weighted by Crippen LogP contribution is 2.36. The Morgan fingerprint density at radius 2 is 2.32 bits per heavy atom. The van der Waals surface area contributed by atoms with Crippen LogP contribution in [0.5, 0.6) is 11.5 Å². The number of carbonyl (C=O) groups excluding carboxylic acids is 1. The molecule has 0 bridgehead atoms. The zero-order chi connectivity index (χ0) is 13.2. The van der Waals surface area contributed by atoms with E-state index in [1.165, 1.54) is 0 Å². The van der Waals surface area contributed by atoms with Crippen molar-refractivity contribution in [2.45, 2.75) is 6.61 Å². The van der Waals surface area contributed by atoms with Gasteiger partial charge in [-0.25, -0.2) is 0 Å². The first kappa shape index (κ1) is 11.5. The molecule has 0 aliphatic carbocycles. The van der Waals surface area contributed by atoms with Crippen LogP contribution in [0.4, 0.5) is 11.4 Å². The van der Waals surface area contributed by atoms with Crippen molar-refractivity contribution in [2.75, 3.05) is 17.7 Å². The molecule has 19 heavy (non-hydrogen) atoms. The minimum absolute atomic E-state index is 0.000953. The number of anilines is 2. The second-order valence-electron chi connectivity index (χ2n) is 4.09. The van der Waals surface area contributed by atoms with Crippen molar-refractivity contribution in [3.05, 3.63) is 36.3 Å². The predicted octanol–water partition coefficient (Wildman–Crippen LogP) is 1.77. The first-order chi connectivity index (χ1) is 9.22. The lowest BCUT2D eigenvalue weighted by Gasteiger charge is -2.19. The lowest BCUT2D eigenvalue weighted by molar-refractivity contribution is -0.118. The first-order valence-electron chi connectivity index (χ1n) is 5.74. The molecule has 0 saturated carbocycles. The Bertz CT molecular complexity index is 607. The second-order valence-corrected chi connectivity index (χ2v) is 4.09. The van der Waals surface area contributed by atoms with Crippen LogP contribution in [0.2, 0.25) is 0 Å². The van der Waals surface area contributed by atoms with Gasteiger partial charge in [0, 0.05) is 12.1 Å². The van der Waals surface area contributed by atoms with Crippen molar-refractivity contribution in [3.63, 3.8) is 0 Å². The summed E-state index contributed by atoms with van der Waals surface area (Å²) in [6.45, 7) is 0.268. The summed E-state index contributed by atoms with van der Waals surface area (Å²) >= 11 is 0. The van der Waals surface area contributed by atoms with Crippen LogP contribution in [0, 0.1) is 0 Å². The summed E-state index contributed by atoms with van der Waals surface area (Å²) in [6.07, 6.45) is 1.57. The number of fused-ring (bicyclic) bond motifs is 1. The SMILES string of the molecule is Nc1cc2c(cc1OCc1ccco1)NC(=O)CO2. The maximum atomic E-state index is 11.2. The number of rotatable bonds is 3. The van der Waals surface area contributed by atoms with Gasteiger partial charge in [-0.15, -0.1) is 0 Å². The molecule has 3 rings (SSSR count). The second kappa shape index (κ2) is 4.56. The molecule has 0 radical (unpaired) electrons. The lowest BCUT2D eigenvalue weighted by atomic mass is 10.2. The van der Waals surface area contributed by atoms with Gasteiger partial charge in [0.15, 0.2) is 6.61 Å². The van der Waals surface area contributed by atoms with Crippen LogP contribution in [-0.2, 0) is 11.4 Å². The van der Waals surface area contributed by atoms with Crippen LogP contribution < -0.4 is 20.5 Å². The van der Waals surface area contributed by atoms with Crippen LogP contribution >= 0.6 is 0 Å². The van der Waals surface area contributed by atoms with E-state index in [9.17, 15) is 4.79 Å². The van der Waals surface area contributed by atoms with Gasteiger partial charge < -0.3 is 24.9 Å². The van der Waals surface area contributed by atoms with Crippen molar-refractivity contribution in [1.82, 2.24) is 0 Å². The number of amides is 1. The molecule has 2 heterocycles. The number of hydrogen-bond donors (Lipinski definition) is 2. The van der Waals surface area contributed by atoms with Crippen LogP contribution in [0.3, 0.4) is 0 Å². The number of nitrogens with one attached hydrogen (secondary N) is 1. The first-order valence-corrected chi connectivity index (χ1v) is 5.74. The molecule has 3 N–H and O–H groups in total. The maximum Gasteiger partial charge on any atom is 0.262 e. The molecule has 1 aliphatic rings. The average Bonchev–Trinajstić information content (AvgIpc) is 2.90. The maximum absolute atomic E-state index is 11.2. The summed E-state index contributed by atoms with van der Waals surface area (Å²) in [4.78, 5) is 11.2. The number of nitrogens with two attached hydrogens (primary N) is 1. The molecular formula is C13H12N2O4.